The minimum atomic E-state index is -0.331. The summed E-state index contributed by atoms with van der Waals surface area (Å²) in [5, 5.41) is 2.63. The second-order valence-corrected chi connectivity index (χ2v) is 5.29. The van der Waals surface area contributed by atoms with Crippen molar-refractivity contribution in [1.82, 2.24) is 19.8 Å². The highest BCUT2D eigenvalue weighted by Gasteiger charge is 2.27. The van der Waals surface area contributed by atoms with Crippen LogP contribution in [-0.4, -0.2) is 39.4 Å². The Morgan fingerprint density at radius 1 is 1.27 bits per heavy atom. The number of amides is 2. The fraction of sp³-hybridized carbons (Fsp3) is 0.312. The zero-order valence-corrected chi connectivity index (χ0v) is 12.4. The van der Waals surface area contributed by atoms with Gasteiger partial charge in [0.2, 0.25) is 5.91 Å². The zero-order chi connectivity index (χ0) is 15.5. The summed E-state index contributed by atoms with van der Waals surface area (Å²) in [6.45, 7) is 3.43. The van der Waals surface area contributed by atoms with E-state index in [0.717, 1.165) is 12.2 Å². The normalized spacial score (nSPS) is 17.0. The summed E-state index contributed by atoms with van der Waals surface area (Å²) in [5.74, 6) is -0.411. The summed E-state index contributed by atoms with van der Waals surface area (Å²) in [5.41, 5.74) is 1.44. The molecule has 1 N–H and O–H groups in total. The monoisotopic (exact) mass is 298 g/mol. The van der Waals surface area contributed by atoms with E-state index in [2.05, 4.69) is 14.9 Å². The molecule has 0 saturated heterocycles. The Morgan fingerprint density at radius 3 is 2.91 bits per heavy atom. The van der Waals surface area contributed by atoms with Crippen molar-refractivity contribution < 1.29 is 9.59 Å². The largest absolute Gasteiger partial charge is 0.348 e. The van der Waals surface area contributed by atoms with Crippen LogP contribution in [0.2, 0.25) is 0 Å². The van der Waals surface area contributed by atoms with E-state index in [4.69, 9.17) is 0 Å². The number of fused-ring (bicyclic) bond motifs is 1. The van der Waals surface area contributed by atoms with Gasteiger partial charge in [-0.05, 0) is 31.2 Å². The Morgan fingerprint density at radius 2 is 2.14 bits per heavy atom. The molecule has 0 spiro atoms. The van der Waals surface area contributed by atoms with Crippen LogP contribution < -0.4 is 5.32 Å². The maximum absolute atomic E-state index is 12.4. The van der Waals surface area contributed by atoms with E-state index in [1.165, 1.54) is 0 Å². The predicted molar refractivity (Wildman–Crippen MR) is 81.1 cm³/mol. The fourth-order valence-corrected chi connectivity index (χ4v) is 2.76. The highest BCUT2D eigenvalue weighted by molar-refractivity contribution is 5.94. The molecule has 0 bridgehead atoms. The van der Waals surface area contributed by atoms with E-state index in [1.54, 1.807) is 29.3 Å². The van der Waals surface area contributed by atoms with Crippen molar-refractivity contribution in [2.24, 2.45) is 0 Å². The standard InChI is InChI=1S/C16H18N4O2/c1-12-14-6-4-8-19(14)9-10-20(12)15(21)11-18-16(22)13-5-2-3-7-17-13/h2-8,12H,9-11H2,1H3,(H,18,22). The van der Waals surface area contributed by atoms with Crippen LogP contribution in [0.5, 0.6) is 0 Å². The SMILES string of the molecule is CC1c2cccn2CCN1C(=O)CNC(=O)c1ccccn1. The third kappa shape index (κ3) is 2.72. The molecule has 114 valence electrons. The molecule has 2 aromatic rings. The van der Waals surface area contributed by atoms with Gasteiger partial charge in [0.15, 0.2) is 0 Å². The number of hydrogen-bond acceptors (Lipinski definition) is 3. The fourth-order valence-electron chi connectivity index (χ4n) is 2.76. The number of rotatable bonds is 3. The van der Waals surface area contributed by atoms with Crippen LogP contribution in [0.3, 0.4) is 0 Å². The molecule has 22 heavy (non-hydrogen) atoms. The van der Waals surface area contributed by atoms with Gasteiger partial charge < -0.3 is 14.8 Å². The van der Waals surface area contributed by atoms with Gasteiger partial charge in [0.05, 0.1) is 12.6 Å². The van der Waals surface area contributed by atoms with Gasteiger partial charge in [0, 0.05) is 31.2 Å². The molecule has 2 aromatic heterocycles. The van der Waals surface area contributed by atoms with Gasteiger partial charge in [-0.15, -0.1) is 0 Å². The molecular weight excluding hydrogens is 280 g/mol. The lowest BCUT2D eigenvalue weighted by molar-refractivity contribution is -0.133. The topological polar surface area (TPSA) is 67.2 Å². The molecule has 0 aromatic carbocycles. The van der Waals surface area contributed by atoms with Crippen molar-refractivity contribution >= 4 is 11.8 Å². The second kappa shape index (κ2) is 6.01. The Labute approximate surface area is 128 Å². The van der Waals surface area contributed by atoms with Crippen molar-refractivity contribution in [1.29, 1.82) is 0 Å². The highest BCUT2D eigenvalue weighted by atomic mass is 16.2. The van der Waals surface area contributed by atoms with Gasteiger partial charge >= 0.3 is 0 Å². The van der Waals surface area contributed by atoms with Gasteiger partial charge in [-0.2, -0.15) is 0 Å². The number of hydrogen-bond donors (Lipinski definition) is 1. The maximum atomic E-state index is 12.4. The van der Waals surface area contributed by atoms with E-state index < -0.39 is 0 Å². The molecule has 1 aliphatic rings. The molecule has 3 heterocycles. The molecule has 1 atom stereocenters. The summed E-state index contributed by atoms with van der Waals surface area (Å²) in [4.78, 5) is 30.0. The molecule has 6 heteroatoms. The van der Waals surface area contributed by atoms with E-state index in [0.29, 0.717) is 12.2 Å². The predicted octanol–water partition coefficient (Wildman–Crippen LogP) is 1.22. The van der Waals surface area contributed by atoms with Crippen molar-refractivity contribution in [2.45, 2.75) is 19.5 Å². The van der Waals surface area contributed by atoms with Gasteiger partial charge in [0.25, 0.3) is 5.91 Å². The first-order valence-electron chi connectivity index (χ1n) is 7.30. The number of aromatic nitrogens is 2. The summed E-state index contributed by atoms with van der Waals surface area (Å²) in [6, 6.07) is 9.13. The van der Waals surface area contributed by atoms with Crippen molar-refractivity contribution in [3.8, 4) is 0 Å². The van der Waals surface area contributed by atoms with Gasteiger partial charge in [0.1, 0.15) is 5.69 Å². The van der Waals surface area contributed by atoms with Crippen LogP contribution in [0, 0.1) is 0 Å². The maximum Gasteiger partial charge on any atom is 0.270 e. The first-order chi connectivity index (χ1) is 10.7. The Kier molecular flexibility index (Phi) is 3.91. The summed E-state index contributed by atoms with van der Waals surface area (Å²) in [7, 11) is 0. The first kappa shape index (κ1) is 14.3. The van der Waals surface area contributed by atoms with Crippen LogP contribution in [0.15, 0.2) is 42.7 Å². The molecule has 0 fully saturated rings. The Balaban J connectivity index is 1.60. The van der Waals surface area contributed by atoms with Crippen molar-refractivity contribution in [2.75, 3.05) is 13.1 Å². The van der Waals surface area contributed by atoms with Crippen LogP contribution >= 0.6 is 0 Å². The number of pyridine rings is 1. The number of nitrogens with zero attached hydrogens (tertiary/aromatic N) is 3. The molecule has 0 radical (unpaired) electrons. The lowest BCUT2D eigenvalue weighted by atomic mass is 10.1. The molecule has 2 amide bonds. The molecule has 1 aliphatic heterocycles. The minimum Gasteiger partial charge on any atom is -0.348 e. The van der Waals surface area contributed by atoms with Gasteiger partial charge in [-0.3, -0.25) is 14.6 Å². The second-order valence-electron chi connectivity index (χ2n) is 5.29. The lowest BCUT2D eigenvalue weighted by Gasteiger charge is -2.35. The average Bonchev–Trinajstić information content (AvgIpc) is 3.03. The first-order valence-corrected chi connectivity index (χ1v) is 7.30. The molecule has 0 aliphatic carbocycles. The van der Waals surface area contributed by atoms with Crippen LogP contribution in [0.4, 0.5) is 0 Å². The van der Waals surface area contributed by atoms with Crippen LogP contribution in [-0.2, 0) is 11.3 Å². The average molecular weight is 298 g/mol. The smallest absolute Gasteiger partial charge is 0.270 e. The number of carbonyl (C=O) groups is 2. The molecule has 3 rings (SSSR count). The van der Waals surface area contributed by atoms with Crippen LogP contribution in [0.25, 0.3) is 0 Å². The summed E-state index contributed by atoms with van der Waals surface area (Å²) >= 11 is 0. The number of carbonyl (C=O) groups excluding carboxylic acids is 2. The molecule has 6 nitrogen and oxygen atoms in total. The quantitative estimate of drug-likeness (QED) is 0.926. The summed E-state index contributed by atoms with van der Waals surface area (Å²) in [6.07, 6.45) is 3.58. The molecular formula is C16H18N4O2. The molecule has 0 saturated carbocycles. The van der Waals surface area contributed by atoms with Crippen molar-refractivity contribution in [3.05, 3.63) is 54.1 Å². The van der Waals surface area contributed by atoms with Gasteiger partial charge in [-0.1, -0.05) is 6.07 Å². The zero-order valence-electron chi connectivity index (χ0n) is 12.4. The van der Waals surface area contributed by atoms with E-state index >= 15 is 0 Å². The van der Waals surface area contributed by atoms with Crippen molar-refractivity contribution in [3.63, 3.8) is 0 Å². The van der Waals surface area contributed by atoms with E-state index in [9.17, 15) is 9.59 Å². The van der Waals surface area contributed by atoms with E-state index in [1.807, 2.05) is 25.3 Å². The van der Waals surface area contributed by atoms with Gasteiger partial charge in [-0.25, -0.2) is 0 Å². The third-order valence-electron chi connectivity index (χ3n) is 3.96. The van der Waals surface area contributed by atoms with Crippen LogP contribution in [0.1, 0.15) is 29.1 Å². The minimum absolute atomic E-state index is 0.0134. The third-order valence-corrected chi connectivity index (χ3v) is 3.96. The Hall–Kier alpha value is -2.63. The lowest BCUT2D eigenvalue weighted by Crippen LogP contribution is -2.45. The molecule has 1 unspecified atom stereocenters. The van der Waals surface area contributed by atoms with E-state index in [-0.39, 0.29) is 24.4 Å². The highest BCUT2D eigenvalue weighted by Crippen LogP contribution is 2.24. The number of nitrogens with one attached hydrogen (secondary N) is 1. The Bertz CT molecular complexity index is 680. The summed E-state index contributed by atoms with van der Waals surface area (Å²) < 4.78 is 2.15.